The highest BCUT2D eigenvalue weighted by Crippen LogP contribution is 2.54. The van der Waals surface area contributed by atoms with E-state index in [-0.39, 0.29) is 21.7 Å². The Morgan fingerprint density at radius 2 is 0.642 bits per heavy atom. The van der Waals surface area contributed by atoms with Gasteiger partial charge in [-0.15, -0.1) is 0 Å². The molecule has 14 aromatic carbocycles. The van der Waals surface area contributed by atoms with Crippen molar-refractivity contribution >= 4 is 55.9 Å². The summed E-state index contributed by atoms with van der Waals surface area (Å²) in [5.41, 5.74) is 33.9. The average Bonchev–Trinajstić information content (AvgIpc) is 1.58. The van der Waals surface area contributed by atoms with Crippen molar-refractivity contribution in [1.29, 1.82) is 0 Å². The predicted molar refractivity (Wildman–Crippen MR) is 448 cm³/mol. The number of aromatic nitrogens is 1. The van der Waals surface area contributed by atoms with E-state index in [1.54, 1.807) is 0 Å². The summed E-state index contributed by atoms with van der Waals surface area (Å²) in [4.78, 5) is 4.84. The minimum absolute atomic E-state index is 0.147. The van der Waals surface area contributed by atoms with E-state index in [1.165, 1.54) is 88.7 Å². The van der Waals surface area contributed by atoms with Crippen LogP contribution in [0.3, 0.4) is 0 Å². The van der Waals surface area contributed by atoms with Gasteiger partial charge in [-0.1, -0.05) is 288 Å². The lowest BCUT2D eigenvalue weighted by atomic mass is 9.69. The quantitative estimate of drug-likeness (QED) is 0.0906. The number of hydrogen-bond acceptors (Lipinski definition) is 3. The standard InChI is InChI=1S/C102H91N3O/c1-99(2,3)65-96(100(4,5)6)76-33-29-68(30-34-76)66-106-67-69-31-45-83(46-32-69)105-97-59-43-77(74-39-51-81(52-40-74)103(79-47-35-72(36-48-79)70-21-13-11-14-22-70)84-55-57-88-86-25-17-19-27-92(86)101(7,8)94(88)63-84)61-90(97)91-62-78(44-60-98(91)105)75-41-53-82(54-42-75)104(80-49-37-73(38-50-80)71-23-15-12-16-24-71)85-56-58-89-87-26-18-20-28-93(87)102(9,10)95(89)64-85/h11-64,96H,65-67H2,1-10H3. The molecule has 4 heteroatoms. The van der Waals surface area contributed by atoms with Gasteiger partial charge in [0.25, 0.3) is 0 Å². The molecule has 15 aromatic rings. The molecule has 1 aromatic heterocycles. The molecule has 1 atom stereocenters. The van der Waals surface area contributed by atoms with Gasteiger partial charge in [0.2, 0.25) is 0 Å². The molecule has 4 nitrogen and oxygen atoms in total. The first-order valence-corrected chi connectivity index (χ1v) is 37.7. The lowest BCUT2D eigenvalue weighted by Crippen LogP contribution is -2.23. The first-order chi connectivity index (χ1) is 51.3. The molecule has 0 spiro atoms. The number of anilines is 6. The van der Waals surface area contributed by atoms with Gasteiger partial charge >= 0.3 is 0 Å². The Morgan fingerprint density at radius 3 is 1.03 bits per heavy atom. The van der Waals surface area contributed by atoms with E-state index in [4.69, 9.17) is 4.74 Å². The molecule has 0 aliphatic heterocycles. The molecule has 1 heterocycles. The van der Waals surface area contributed by atoms with Gasteiger partial charge in [0, 0.05) is 61.4 Å². The number of nitrogens with zero attached hydrogens (tertiary/aromatic N) is 3. The highest BCUT2D eigenvalue weighted by Gasteiger charge is 2.38. The molecular formula is C102H91N3O. The van der Waals surface area contributed by atoms with Crippen LogP contribution in [0.25, 0.3) is 94.3 Å². The zero-order valence-electron chi connectivity index (χ0n) is 62.6. The van der Waals surface area contributed by atoms with E-state index in [0.29, 0.717) is 19.1 Å². The number of ether oxygens (including phenoxy) is 1. The van der Waals surface area contributed by atoms with Gasteiger partial charge in [-0.05, 0) is 238 Å². The smallest absolute Gasteiger partial charge is 0.0721 e. The van der Waals surface area contributed by atoms with Crippen LogP contribution in [0.15, 0.2) is 328 Å². The zero-order valence-corrected chi connectivity index (χ0v) is 62.6. The Kier molecular flexibility index (Phi) is 17.1. The highest BCUT2D eigenvalue weighted by atomic mass is 16.5. The summed E-state index contributed by atoms with van der Waals surface area (Å²) < 4.78 is 8.90. The molecule has 2 aliphatic rings. The topological polar surface area (TPSA) is 20.6 Å². The Morgan fingerprint density at radius 1 is 0.311 bits per heavy atom. The third kappa shape index (κ3) is 12.6. The number of rotatable bonds is 17. The fourth-order valence-corrected chi connectivity index (χ4v) is 17.1. The van der Waals surface area contributed by atoms with Gasteiger partial charge in [-0.3, -0.25) is 0 Å². The van der Waals surface area contributed by atoms with E-state index in [1.807, 2.05) is 0 Å². The molecule has 0 fully saturated rings. The molecule has 0 saturated carbocycles. The van der Waals surface area contributed by atoms with E-state index in [0.717, 1.165) is 85.1 Å². The Labute approximate surface area is 626 Å². The van der Waals surface area contributed by atoms with E-state index in [9.17, 15) is 0 Å². The zero-order chi connectivity index (χ0) is 72.6. The summed E-state index contributed by atoms with van der Waals surface area (Å²) >= 11 is 0. The van der Waals surface area contributed by atoms with Crippen molar-refractivity contribution in [2.24, 2.45) is 10.8 Å². The molecule has 0 amide bonds. The van der Waals surface area contributed by atoms with Crippen molar-refractivity contribution < 1.29 is 4.74 Å². The molecule has 1 unspecified atom stereocenters. The minimum Gasteiger partial charge on any atom is -0.372 e. The van der Waals surface area contributed by atoms with Gasteiger partial charge in [0.15, 0.2) is 0 Å². The maximum Gasteiger partial charge on any atom is 0.0721 e. The normalized spacial score (nSPS) is 13.6. The number of benzene rings is 14. The van der Waals surface area contributed by atoms with Crippen molar-refractivity contribution in [2.75, 3.05) is 9.80 Å². The van der Waals surface area contributed by atoms with Crippen LogP contribution in [-0.4, -0.2) is 4.57 Å². The monoisotopic (exact) mass is 1370 g/mol. The van der Waals surface area contributed by atoms with Crippen molar-refractivity contribution in [2.45, 2.75) is 106 Å². The highest BCUT2D eigenvalue weighted by molar-refractivity contribution is 6.12. The molecule has 2 aliphatic carbocycles. The molecule has 0 N–H and O–H groups in total. The molecule has 17 rings (SSSR count). The third-order valence-electron chi connectivity index (χ3n) is 22.8. The first kappa shape index (κ1) is 67.6. The average molecular weight is 1370 g/mol. The minimum atomic E-state index is -0.147. The predicted octanol–water partition coefficient (Wildman–Crippen LogP) is 28.3. The van der Waals surface area contributed by atoms with Gasteiger partial charge in [0.05, 0.1) is 24.2 Å². The second kappa shape index (κ2) is 26.9. The number of fused-ring (bicyclic) bond motifs is 9. The van der Waals surface area contributed by atoms with E-state index in [2.05, 4.69) is 411 Å². The lowest BCUT2D eigenvalue weighted by molar-refractivity contribution is 0.107. The van der Waals surface area contributed by atoms with Crippen molar-refractivity contribution in [1.82, 2.24) is 4.57 Å². The van der Waals surface area contributed by atoms with Crippen molar-refractivity contribution in [3.63, 3.8) is 0 Å². The molecule has 106 heavy (non-hydrogen) atoms. The van der Waals surface area contributed by atoms with Crippen molar-refractivity contribution in [3.05, 3.63) is 367 Å². The largest absolute Gasteiger partial charge is 0.372 e. The maximum atomic E-state index is 6.46. The van der Waals surface area contributed by atoms with Crippen LogP contribution >= 0.6 is 0 Å². The molecule has 0 bridgehead atoms. The maximum absolute atomic E-state index is 6.46. The number of hydrogen-bond donors (Lipinski definition) is 0. The van der Waals surface area contributed by atoms with Gasteiger partial charge in [-0.25, -0.2) is 0 Å². The van der Waals surface area contributed by atoms with Crippen LogP contribution in [-0.2, 0) is 28.8 Å². The van der Waals surface area contributed by atoms with Crippen LogP contribution in [0.1, 0.15) is 121 Å². The van der Waals surface area contributed by atoms with Crippen LogP contribution in [0.4, 0.5) is 34.1 Å². The molecule has 520 valence electrons. The molecule has 0 radical (unpaired) electrons. The van der Waals surface area contributed by atoms with Gasteiger partial charge in [-0.2, -0.15) is 0 Å². The van der Waals surface area contributed by atoms with Crippen LogP contribution in [0, 0.1) is 10.8 Å². The molecular weight excluding hydrogens is 1280 g/mol. The summed E-state index contributed by atoms with van der Waals surface area (Å²) in [5, 5.41) is 2.38. The van der Waals surface area contributed by atoms with Crippen LogP contribution in [0.5, 0.6) is 0 Å². The molecule has 0 saturated heterocycles. The third-order valence-corrected chi connectivity index (χ3v) is 22.8. The Hall–Kier alpha value is -11.6. The van der Waals surface area contributed by atoms with E-state index < -0.39 is 0 Å². The summed E-state index contributed by atoms with van der Waals surface area (Å²) in [6, 6.07) is 122. The second-order valence-electron chi connectivity index (χ2n) is 32.8. The summed E-state index contributed by atoms with van der Waals surface area (Å²) in [6.07, 6.45) is 1.14. The summed E-state index contributed by atoms with van der Waals surface area (Å²) in [7, 11) is 0. The lowest BCUT2D eigenvalue weighted by Gasteiger charge is -2.36. The van der Waals surface area contributed by atoms with E-state index >= 15 is 0 Å². The summed E-state index contributed by atoms with van der Waals surface area (Å²) in [5.74, 6) is 0.473. The van der Waals surface area contributed by atoms with Crippen molar-refractivity contribution in [3.8, 4) is 72.4 Å². The first-order valence-electron chi connectivity index (χ1n) is 37.7. The fourth-order valence-electron chi connectivity index (χ4n) is 17.1. The SMILES string of the molecule is CC(C)(C)CC(c1ccc(COCc2ccc(-n3c4ccc(-c5ccc(N(c6ccc(-c7ccccc7)cc6)c6ccc7c(c6)C(C)(C)c6ccccc6-7)cc5)cc4c4cc(-c5ccc(N(c6ccc(-c7ccccc7)cc6)c6ccc7c(c6)C(C)(C)c6ccccc6-7)cc5)ccc43)cc2)cc1)C(C)(C)C. The van der Waals surface area contributed by atoms with Crippen LogP contribution in [0.2, 0.25) is 0 Å². The van der Waals surface area contributed by atoms with Crippen LogP contribution < -0.4 is 9.80 Å². The fraction of sp³-hybridized carbons (Fsp3) is 0.176. The second-order valence-corrected chi connectivity index (χ2v) is 32.8. The Balaban J connectivity index is 0.723. The van der Waals surface area contributed by atoms with Gasteiger partial charge in [0.1, 0.15) is 0 Å². The van der Waals surface area contributed by atoms with Gasteiger partial charge < -0.3 is 19.1 Å². The Bertz CT molecular complexity index is 5440. The summed E-state index contributed by atoms with van der Waals surface area (Å²) in [6.45, 7) is 24.7.